The van der Waals surface area contributed by atoms with Crippen molar-refractivity contribution in [3.05, 3.63) is 0 Å². The predicted octanol–water partition coefficient (Wildman–Crippen LogP) is 0.874. The molecule has 3 N–H and O–H groups in total. The van der Waals surface area contributed by atoms with Crippen molar-refractivity contribution in [3.8, 4) is 0 Å². The summed E-state index contributed by atoms with van der Waals surface area (Å²) in [7, 11) is 0. The fourth-order valence-electron chi connectivity index (χ4n) is 1.24. The van der Waals surface area contributed by atoms with Crippen molar-refractivity contribution in [3.63, 3.8) is 0 Å². The number of Topliss-reactive ketones (excluding diaryl/α,β-unsaturated/α-hetero) is 1. The van der Waals surface area contributed by atoms with Gasteiger partial charge in [0.15, 0.2) is 5.78 Å². The Kier molecular flexibility index (Phi) is 7.18. The lowest BCUT2D eigenvalue weighted by molar-refractivity contribution is -0.129. The Morgan fingerprint density at radius 1 is 1.29 bits per heavy atom. The molecule has 5 nitrogen and oxygen atoms in total. The van der Waals surface area contributed by atoms with Crippen LogP contribution in [0.3, 0.4) is 0 Å². The summed E-state index contributed by atoms with van der Waals surface area (Å²) in [5.74, 6) is 0.340. The van der Waals surface area contributed by atoms with Gasteiger partial charge in [-0.05, 0) is 33.6 Å². The Bertz CT molecular complexity index is 296. The van der Waals surface area contributed by atoms with E-state index in [-0.39, 0.29) is 17.6 Å². The fourth-order valence-corrected chi connectivity index (χ4v) is 1.24. The summed E-state index contributed by atoms with van der Waals surface area (Å²) in [6, 6.07) is -0.408. The number of ketones is 1. The number of rotatable bonds is 7. The Morgan fingerprint density at radius 2 is 1.88 bits per heavy atom. The molecule has 0 radical (unpaired) electrons. The number of hydrogen-bond acceptors (Lipinski definition) is 3. The third-order valence-electron chi connectivity index (χ3n) is 2.57. The summed E-state index contributed by atoms with van der Waals surface area (Å²) in [5.41, 5.74) is 5.40. The molecule has 17 heavy (non-hydrogen) atoms. The third-order valence-corrected chi connectivity index (χ3v) is 2.57. The number of carbonyl (C=O) groups excluding carboxylic acids is 2. The Balaban J connectivity index is 3.90. The van der Waals surface area contributed by atoms with Gasteiger partial charge in [0, 0.05) is 12.5 Å². The van der Waals surface area contributed by atoms with Crippen LogP contribution in [0.25, 0.3) is 0 Å². The molecule has 0 fully saturated rings. The highest BCUT2D eigenvalue weighted by atomic mass is 16.2. The van der Waals surface area contributed by atoms with Crippen LogP contribution in [0.4, 0.5) is 0 Å². The third kappa shape index (κ3) is 7.49. The predicted molar refractivity (Wildman–Crippen MR) is 68.8 cm³/mol. The van der Waals surface area contributed by atoms with Gasteiger partial charge in [0.05, 0.1) is 11.9 Å². The van der Waals surface area contributed by atoms with Gasteiger partial charge in [0.1, 0.15) is 0 Å². The zero-order chi connectivity index (χ0) is 13.4. The van der Waals surface area contributed by atoms with Crippen LogP contribution in [0, 0.1) is 5.92 Å². The largest absolute Gasteiger partial charge is 0.388 e. The van der Waals surface area contributed by atoms with E-state index < -0.39 is 6.04 Å². The molecule has 0 aliphatic carbocycles. The minimum Gasteiger partial charge on any atom is -0.388 e. The first-order valence-electron chi connectivity index (χ1n) is 5.92. The van der Waals surface area contributed by atoms with E-state index >= 15 is 0 Å². The first kappa shape index (κ1) is 15.6. The molecule has 5 heteroatoms. The second kappa shape index (κ2) is 7.81. The van der Waals surface area contributed by atoms with E-state index in [1.807, 2.05) is 6.92 Å². The van der Waals surface area contributed by atoms with Crippen molar-refractivity contribution in [2.45, 2.75) is 46.6 Å². The SMILES string of the molecule is CC(=O)[C@H](C)NC(=O)[C@@H](C)CCCN=C(C)N. The Hall–Kier alpha value is -1.39. The van der Waals surface area contributed by atoms with Crippen LogP contribution < -0.4 is 11.1 Å². The summed E-state index contributed by atoms with van der Waals surface area (Å²) < 4.78 is 0. The highest BCUT2D eigenvalue weighted by Gasteiger charge is 2.16. The maximum atomic E-state index is 11.7. The normalized spacial score (nSPS) is 15.2. The number of carbonyl (C=O) groups is 2. The number of nitrogens with two attached hydrogens (primary N) is 1. The molecule has 0 aromatic rings. The number of hydrogen-bond donors (Lipinski definition) is 2. The van der Waals surface area contributed by atoms with E-state index in [9.17, 15) is 9.59 Å². The van der Waals surface area contributed by atoms with Crippen molar-refractivity contribution in [1.29, 1.82) is 0 Å². The molecule has 0 aliphatic rings. The summed E-state index contributed by atoms with van der Waals surface area (Å²) in [4.78, 5) is 26.7. The van der Waals surface area contributed by atoms with E-state index in [1.54, 1.807) is 13.8 Å². The molecule has 0 aromatic heterocycles. The zero-order valence-electron chi connectivity index (χ0n) is 11.1. The van der Waals surface area contributed by atoms with Crippen molar-refractivity contribution in [2.75, 3.05) is 6.54 Å². The van der Waals surface area contributed by atoms with Crippen LogP contribution >= 0.6 is 0 Å². The average molecular weight is 241 g/mol. The molecule has 98 valence electrons. The van der Waals surface area contributed by atoms with Gasteiger partial charge < -0.3 is 11.1 Å². The summed E-state index contributed by atoms with van der Waals surface area (Å²) in [5, 5.41) is 2.68. The monoisotopic (exact) mass is 241 g/mol. The van der Waals surface area contributed by atoms with Gasteiger partial charge in [-0.3, -0.25) is 14.6 Å². The van der Waals surface area contributed by atoms with Crippen LogP contribution in [-0.4, -0.2) is 30.1 Å². The average Bonchev–Trinajstić information content (AvgIpc) is 2.23. The van der Waals surface area contributed by atoms with Crippen LogP contribution in [0.5, 0.6) is 0 Å². The van der Waals surface area contributed by atoms with E-state index in [2.05, 4.69) is 10.3 Å². The summed E-state index contributed by atoms with van der Waals surface area (Å²) in [6.07, 6.45) is 1.56. The van der Waals surface area contributed by atoms with Crippen molar-refractivity contribution in [1.82, 2.24) is 5.32 Å². The van der Waals surface area contributed by atoms with Gasteiger partial charge in [0.2, 0.25) is 5.91 Å². The molecule has 0 saturated heterocycles. The second-order valence-electron chi connectivity index (χ2n) is 4.41. The number of nitrogens with one attached hydrogen (secondary N) is 1. The van der Waals surface area contributed by atoms with Crippen molar-refractivity contribution >= 4 is 17.5 Å². The van der Waals surface area contributed by atoms with Gasteiger partial charge in [-0.1, -0.05) is 6.92 Å². The summed E-state index contributed by atoms with van der Waals surface area (Å²) in [6.45, 7) is 7.39. The van der Waals surface area contributed by atoms with Gasteiger partial charge in [-0.25, -0.2) is 0 Å². The van der Waals surface area contributed by atoms with E-state index in [0.717, 1.165) is 12.8 Å². The molecule has 0 bridgehead atoms. The highest BCUT2D eigenvalue weighted by molar-refractivity contribution is 5.87. The van der Waals surface area contributed by atoms with Crippen LogP contribution in [0.15, 0.2) is 4.99 Å². The zero-order valence-corrected chi connectivity index (χ0v) is 11.1. The van der Waals surface area contributed by atoms with E-state index in [4.69, 9.17) is 5.73 Å². The van der Waals surface area contributed by atoms with Crippen molar-refractivity contribution < 1.29 is 9.59 Å². The maximum absolute atomic E-state index is 11.7. The van der Waals surface area contributed by atoms with Gasteiger partial charge in [-0.2, -0.15) is 0 Å². The minimum absolute atomic E-state index is 0.0334. The molecule has 0 aromatic carbocycles. The van der Waals surface area contributed by atoms with Gasteiger partial charge in [-0.15, -0.1) is 0 Å². The van der Waals surface area contributed by atoms with Crippen LogP contribution in [0.2, 0.25) is 0 Å². The van der Waals surface area contributed by atoms with Crippen LogP contribution in [0.1, 0.15) is 40.5 Å². The molecule has 0 spiro atoms. The molecule has 0 unspecified atom stereocenters. The van der Waals surface area contributed by atoms with Crippen LogP contribution in [-0.2, 0) is 9.59 Å². The Labute approximate surface area is 103 Å². The topological polar surface area (TPSA) is 84.5 Å². The second-order valence-corrected chi connectivity index (χ2v) is 4.41. The standard InChI is InChI=1S/C12H23N3O2/c1-8(6-5-7-14-11(4)13)12(17)15-9(2)10(3)16/h8-9H,5-7H2,1-4H3,(H2,13,14)(H,15,17)/t8-,9-/m0/s1. The van der Waals surface area contributed by atoms with Crippen molar-refractivity contribution in [2.24, 2.45) is 16.6 Å². The number of amidine groups is 1. The van der Waals surface area contributed by atoms with Gasteiger partial charge in [0.25, 0.3) is 0 Å². The maximum Gasteiger partial charge on any atom is 0.223 e. The highest BCUT2D eigenvalue weighted by Crippen LogP contribution is 2.06. The number of aliphatic imine (C=N–C) groups is 1. The molecular formula is C12H23N3O2. The summed E-state index contributed by atoms with van der Waals surface area (Å²) >= 11 is 0. The molecule has 1 amide bonds. The quantitative estimate of drug-likeness (QED) is 0.394. The number of amides is 1. The lowest BCUT2D eigenvalue weighted by atomic mass is 10.0. The Morgan fingerprint density at radius 3 is 2.35 bits per heavy atom. The molecule has 0 aliphatic heterocycles. The molecule has 0 saturated carbocycles. The first-order valence-corrected chi connectivity index (χ1v) is 5.92. The van der Waals surface area contributed by atoms with E-state index in [1.165, 1.54) is 6.92 Å². The number of nitrogens with zero attached hydrogens (tertiary/aromatic N) is 1. The lowest BCUT2D eigenvalue weighted by Gasteiger charge is -2.15. The molecule has 0 heterocycles. The molecular weight excluding hydrogens is 218 g/mol. The van der Waals surface area contributed by atoms with Gasteiger partial charge >= 0.3 is 0 Å². The smallest absolute Gasteiger partial charge is 0.223 e. The lowest BCUT2D eigenvalue weighted by Crippen LogP contribution is -2.40. The van der Waals surface area contributed by atoms with E-state index in [0.29, 0.717) is 12.4 Å². The fraction of sp³-hybridized carbons (Fsp3) is 0.750. The minimum atomic E-state index is -0.408. The molecule has 0 rings (SSSR count). The molecule has 2 atom stereocenters. The first-order chi connectivity index (χ1) is 7.84.